The van der Waals surface area contributed by atoms with Gasteiger partial charge in [0.15, 0.2) is 0 Å². The molecule has 1 amide bonds. The average Bonchev–Trinajstić information content (AvgIpc) is 3.37. The van der Waals surface area contributed by atoms with Crippen LogP contribution >= 0.6 is 0 Å². The Bertz CT molecular complexity index is 829. The summed E-state index contributed by atoms with van der Waals surface area (Å²) in [5, 5.41) is 1.21. The summed E-state index contributed by atoms with van der Waals surface area (Å²) < 4.78 is 0. The maximum atomic E-state index is 11.3. The molecule has 5 heteroatoms. The first kappa shape index (κ1) is 15.3. The van der Waals surface area contributed by atoms with Gasteiger partial charge < -0.3 is 5.73 Å². The number of nitrogens with zero attached hydrogens (tertiary/aromatic N) is 3. The molecule has 0 saturated carbocycles. The molecule has 124 valence electrons. The SMILES string of the molecule is C[C@H]1C[C@H](c2ccc(C3=NC3)c3ncccc23)CN(CC(N)=O)C1. The van der Waals surface area contributed by atoms with Gasteiger partial charge in [-0.15, -0.1) is 0 Å². The van der Waals surface area contributed by atoms with Crippen LogP contribution in [0.1, 0.15) is 30.4 Å². The fraction of sp³-hybridized carbons (Fsp3) is 0.421. The number of piperidine rings is 1. The number of aliphatic imine (C=N–C) groups is 1. The molecule has 0 unspecified atom stereocenters. The van der Waals surface area contributed by atoms with E-state index in [1.54, 1.807) is 0 Å². The standard InChI is InChI=1S/C19H22N4O/c1-12-7-13(10-23(9-12)11-18(20)24)14-4-5-16(17-8-22-17)19-15(14)3-2-6-21-19/h2-6,12-13H,7-11H2,1H3,(H2,20,24)/t12-,13-/m0/s1. The van der Waals surface area contributed by atoms with Crippen LogP contribution in [-0.2, 0) is 4.79 Å². The first-order valence-electron chi connectivity index (χ1n) is 8.54. The Morgan fingerprint density at radius 1 is 1.33 bits per heavy atom. The minimum absolute atomic E-state index is 0.253. The minimum Gasteiger partial charge on any atom is -0.369 e. The molecule has 2 aliphatic rings. The second-order valence-electron chi connectivity index (χ2n) is 7.06. The molecular formula is C19H22N4O. The number of carbonyl (C=O) groups is 1. The number of likely N-dealkylation sites (tertiary alicyclic amines) is 1. The molecule has 4 rings (SSSR count). The fourth-order valence-electron chi connectivity index (χ4n) is 4.03. The largest absolute Gasteiger partial charge is 0.369 e. The molecule has 2 aromatic rings. The molecule has 5 nitrogen and oxygen atoms in total. The van der Waals surface area contributed by atoms with E-state index in [9.17, 15) is 4.79 Å². The number of fused-ring (bicyclic) bond motifs is 1. The van der Waals surface area contributed by atoms with Gasteiger partial charge in [-0.25, -0.2) is 0 Å². The number of primary amides is 1. The van der Waals surface area contributed by atoms with Crippen LogP contribution in [-0.4, -0.2) is 47.7 Å². The van der Waals surface area contributed by atoms with Gasteiger partial charge in [0.1, 0.15) is 0 Å². The fourth-order valence-corrected chi connectivity index (χ4v) is 4.03. The highest BCUT2D eigenvalue weighted by Crippen LogP contribution is 2.35. The number of aromatic nitrogens is 1. The lowest BCUT2D eigenvalue weighted by Crippen LogP contribution is -2.43. The van der Waals surface area contributed by atoms with Crippen molar-refractivity contribution in [1.82, 2.24) is 9.88 Å². The molecule has 3 heterocycles. The topological polar surface area (TPSA) is 71.6 Å². The lowest BCUT2D eigenvalue weighted by Gasteiger charge is -2.36. The van der Waals surface area contributed by atoms with Crippen molar-refractivity contribution in [2.45, 2.75) is 19.3 Å². The Balaban J connectivity index is 1.72. The summed E-state index contributed by atoms with van der Waals surface area (Å²) in [7, 11) is 0. The van der Waals surface area contributed by atoms with Crippen LogP contribution in [0.3, 0.4) is 0 Å². The predicted octanol–water partition coefficient (Wildman–Crippen LogP) is 1.95. The number of pyridine rings is 1. The van der Waals surface area contributed by atoms with E-state index in [4.69, 9.17) is 5.73 Å². The van der Waals surface area contributed by atoms with E-state index in [2.05, 4.69) is 40.0 Å². The van der Waals surface area contributed by atoms with E-state index in [-0.39, 0.29) is 5.91 Å². The highest BCUT2D eigenvalue weighted by Gasteiger charge is 2.28. The van der Waals surface area contributed by atoms with Crippen molar-refractivity contribution >= 4 is 22.5 Å². The van der Waals surface area contributed by atoms with E-state index in [0.29, 0.717) is 18.4 Å². The first-order valence-corrected chi connectivity index (χ1v) is 8.54. The first-order chi connectivity index (χ1) is 11.6. The summed E-state index contributed by atoms with van der Waals surface area (Å²) in [6.45, 7) is 5.22. The van der Waals surface area contributed by atoms with Crippen LogP contribution in [0.5, 0.6) is 0 Å². The quantitative estimate of drug-likeness (QED) is 0.935. The summed E-state index contributed by atoms with van der Waals surface area (Å²) >= 11 is 0. The minimum atomic E-state index is -0.253. The number of hydrogen-bond acceptors (Lipinski definition) is 4. The maximum absolute atomic E-state index is 11.3. The Kier molecular flexibility index (Phi) is 3.81. The van der Waals surface area contributed by atoms with Crippen molar-refractivity contribution in [3.05, 3.63) is 41.6 Å². The van der Waals surface area contributed by atoms with Crippen LogP contribution < -0.4 is 5.73 Å². The van der Waals surface area contributed by atoms with Crippen molar-refractivity contribution in [3.8, 4) is 0 Å². The smallest absolute Gasteiger partial charge is 0.231 e. The molecule has 1 aromatic heterocycles. The normalized spacial score (nSPS) is 24.0. The van der Waals surface area contributed by atoms with Gasteiger partial charge in [0.25, 0.3) is 0 Å². The lowest BCUT2D eigenvalue weighted by atomic mass is 9.83. The van der Waals surface area contributed by atoms with Crippen molar-refractivity contribution in [3.63, 3.8) is 0 Å². The summed E-state index contributed by atoms with van der Waals surface area (Å²) in [5.74, 6) is 0.689. The number of hydrogen-bond donors (Lipinski definition) is 1. The zero-order valence-electron chi connectivity index (χ0n) is 13.9. The third kappa shape index (κ3) is 2.91. The summed E-state index contributed by atoms with van der Waals surface area (Å²) in [5.41, 5.74) is 10.1. The molecule has 2 aliphatic heterocycles. The maximum Gasteiger partial charge on any atom is 0.231 e. The highest BCUT2D eigenvalue weighted by molar-refractivity contribution is 6.17. The molecule has 1 fully saturated rings. The van der Waals surface area contributed by atoms with Gasteiger partial charge in [-0.3, -0.25) is 19.7 Å². The van der Waals surface area contributed by atoms with Crippen LogP contribution in [0.2, 0.25) is 0 Å². The van der Waals surface area contributed by atoms with E-state index in [0.717, 1.165) is 42.8 Å². The Morgan fingerprint density at radius 2 is 2.17 bits per heavy atom. The second-order valence-corrected chi connectivity index (χ2v) is 7.06. The molecule has 0 radical (unpaired) electrons. The molecule has 2 atom stereocenters. The highest BCUT2D eigenvalue weighted by atomic mass is 16.1. The molecule has 0 spiro atoms. The number of rotatable bonds is 4. The van der Waals surface area contributed by atoms with Crippen LogP contribution in [0.4, 0.5) is 0 Å². The molecule has 24 heavy (non-hydrogen) atoms. The monoisotopic (exact) mass is 322 g/mol. The van der Waals surface area contributed by atoms with E-state index < -0.39 is 0 Å². The van der Waals surface area contributed by atoms with Gasteiger partial charge in [0.05, 0.1) is 24.3 Å². The zero-order chi connectivity index (χ0) is 16.7. The molecule has 0 aliphatic carbocycles. The summed E-state index contributed by atoms with van der Waals surface area (Å²) in [6, 6.07) is 8.54. The third-order valence-corrected chi connectivity index (χ3v) is 4.99. The zero-order valence-corrected chi connectivity index (χ0v) is 13.9. The lowest BCUT2D eigenvalue weighted by molar-refractivity contribution is -0.119. The number of benzene rings is 1. The third-order valence-electron chi connectivity index (χ3n) is 4.99. The van der Waals surface area contributed by atoms with Crippen molar-refractivity contribution in [2.75, 3.05) is 26.2 Å². The van der Waals surface area contributed by atoms with Gasteiger partial charge in [-0.2, -0.15) is 0 Å². The van der Waals surface area contributed by atoms with Gasteiger partial charge >= 0.3 is 0 Å². The molecule has 1 aromatic carbocycles. The molecular weight excluding hydrogens is 300 g/mol. The summed E-state index contributed by atoms with van der Waals surface area (Å²) in [4.78, 5) is 22.5. The Labute approximate surface area is 141 Å². The van der Waals surface area contributed by atoms with Crippen LogP contribution in [0.25, 0.3) is 10.9 Å². The average molecular weight is 322 g/mol. The van der Waals surface area contributed by atoms with Gasteiger partial charge in [0.2, 0.25) is 5.91 Å². The van der Waals surface area contributed by atoms with E-state index in [1.807, 2.05) is 12.3 Å². The van der Waals surface area contributed by atoms with E-state index in [1.165, 1.54) is 10.9 Å². The second kappa shape index (κ2) is 5.98. The predicted molar refractivity (Wildman–Crippen MR) is 95.3 cm³/mol. The number of carbonyl (C=O) groups excluding carboxylic acids is 1. The Morgan fingerprint density at radius 3 is 2.92 bits per heavy atom. The van der Waals surface area contributed by atoms with Gasteiger partial charge in [-0.1, -0.05) is 25.1 Å². The van der Waals surface area contributed by atoms with Gasteiger partial charge in [0, 0.05) is 30.2 Å². The number of nitrogens with two attached hydrogens (primary N) is 1. The van der Waals surface area contributed by atoms with Crippen LogP contribution in [0.15, 0.2) is 35.5 Å². The van der Waals surface area contributed by atoms with Crippen LogP contribution in [0, 0.1) is 5.92 Å². The van der Waals surface area contributed by atoms with E-state index >= 15 is 0 Å². The Hall–Kier alpha value is -2.27. The van der Waals surface area contributed by atoms with Crippen molar-refractivity contribution in [2.24, 2.45) is 16.6 Å². The molecule has 0 bridgehead atoms. The van der Waals surface area contributed by atoms with Gasteiger partial charge in [-0.05, 0) is 29.9 Å². The summed E-state index contributed by atoms with van der Waals surface area (Å²) in [6.07, 6.45) is 2.97. The van der Waals surface area contributed by atoms with Crippen molar-refractivity contribution < 1.29 is 4.79 Å². The molecule has 1 saturated heterocycles. The number of amides is 1. The van der Waals surface area contributed by atoms with Crippen molar-refractivity contribution in [1.29, 1.82) is 0 Å². The molecule has 2 N–H and O–H groups in total.